The van der Waals surface area contributed by atoms with Crippen LogP contribution in [0.4, 0.5) is 10.5 Å². The number of carbonyl (C=O) groups excluding carboxylic acids is 2. The molecule has 1 aliphatic heterocycles. The van der Waals surface area contributed by atoms with Gasteiger partial charge < -0.3 is 15.0 Å². The first-order valence-electron chi connectivity index (χ1n) is 6.66. The second-order valence-corrected chi connectivity index (χ2v) is 5.16. The molecule has 0 saturated carbocycles. The number of hydrogen-bond donors (Lipinski definition) is 1. The normalized spacial score (nSPS) is 15.9. The number of halogens is 1. The van der Waals surface area contributed by atoms with E-state index in [1.807, 2.05) is 0 Å². The molecular formula is C14H18ClN3O2. The highest BCUT2D eigenvalue weighted by Gasteiger charge is 2.20. The number of amides is 2. The molecule has 1 aromatic rings. The molecule has 1 fully saturated rings. The van der Waals surface area contributed by atoms with Crippen molar-refractivity contribution in [3.63, 3.8) is 0 Å². The molecule has 1 saturated heterocycles. The monoisotopic (exact) mass is 295 g/mol. The molecule has 1 aliphatic rings. The van der Waals surface area contributed by atoms with E-state index in [1.165, 1.54) is 0 Å². The summed E-state index contributed by atoms with van der Waals surface area (Å²) in [5, 5.41) is 3.50. The highest BCUT2D eigenvalue weighted by Crippen LogP contribution is 2.14. The van der Waals surface area contributed by atoms with Crippen LogP contribution in [0, 0.1) is 0 Å². The van der Waals surface area contributed by atoms with Gasteiger partial charge in [-0.05, 0) is 24.3 Å². The summed E-state index contributed by atoms with van der Waals surface area (Å²) in [5.74, 6) is 0. The van der Waals surface area contributed by atoms with E-state index in [0.717, 1.165) is 31.6 Å². The van der Waals surface area contributed by atoms with Crippen molar-refractivity contribution in [1.29, 1.82) is 0 Å². The summed E-state index contributed by atoms with van der Waals surface area (Å²) in [6, 6.07) is 6.95. The Hall–Kier alpha value is -1.59. The van der Waals surface area contributed by atoms with Crippen LogP contribution in [0.2, 0.25) is 5.02 Å². The largest absolute Gasteiger partial charge is 0.322 e. The fourth-order valence-electron chi connectivity index (χ4n) is 2.15. The summed E-state index contributed by atoms with van der Waals surface area (Å²) in [6.07, 6.45) is 1.48. The van der Waals surface area contributed by atoms with Gasteiger partial charge in [0.05, 0.1) is 0 Å². The first-order chi connectivity index (χ1) is 9.69. The van der Waals surface area contributed by atoms with Gasteiger partial charge in [-0.1, -0.05) is 11.6 Å². The molecule has 5 nitrogen and oxygen atoms in total. The summed E-state index contributed by atoms with van der Waals surface area (Å²) < 4.78 is 0. The van der Waals surface area contributed by atoms with Crippen molar-refractivity contribution < 1.29 is 9.59 Å². The topological polar surface area (TPSA) is 52.7 Å². The molecule has 2 rings (SSSR count). The highest BCUT2D eigenvalue weighted by atomic mass is 35.5. The number of urea groups is 1. The smallest absolute Gasteiger partial charge is 0.321 e. The van der Waals surface area contributed by atoms with Gasteiger partial charge >= 0.3 is 6.03 Å². The third-order valence-electron chi connectivity index (χ3n) is 3.32. The van der Waals surface area contributed by atoms with Crippen LogP contribution in [0.1, 0.15) is 6.42 Å². The first kappa shape index (κ1) is 14.8. The second-order valence-electron chi connectivity index (χ2n) is 4.72. The lowest BCUT2D eigenvalue weighted by Gasteiger charge is -2.34. The molecule has 108 valence electrons. The lowest BCUT2D eigenvalue weighted by atomic mass is 10.3. The number of anilines is 1. The molecule has 1 aromatic carbocycles. The summed E-state index contributed by atoms with van der Waals surface area (Å²) in [4.78, 5) is 26.4. The molecule has 0 unspecified atom stereocenters. The standard InChI is InChI=1S/C14H18ClN3O2/c15-12-2-4-13(5-3-12)16-14(20)18-9-7-17(8-10-18)6-1-11-19/h2-5,11H,1,6-10H2,(H,16,20). The minimum Gasteiger partial charge on any atom is -0.322 e. The first-order valence-corrected chi connectivity index (χ1v) is 7.04. The predicted octanol–water partition coefficient (Wildman–Crippen LogP) is 2.08. The van der Waals surface area contributed by atoms with Crippen LogP contribution in [0.25, 0.3) is 0 Å². The maximum Gasteiger partial charge on any atom is 0.321 e. The van der Waals surface area contributed by atoms with Gasteiger partial charge in [-0.15, -0.1) is 0 Å². The average Bonchev–Trinajstić information content (AvgIpc) is 2.48. The maximum absolute atomic E-state index is 12.1. The third kappa shape index (κ3) is 4.21. The summed E-state index contributed by atoms with van der Waals surface area (Å²) in [7, 11) is 0. The van der Waals surface area contributed by atoms with Crippen LogP contribution < -0.4 is 5.32 Å². The van der Waals surface area contributed by atoms with Gasteiger partial charge in [0.2, 0.25) is 0 Å². The van der Waals surface area contributed by atoms with Crippen molar-refractivity contribution in [2.45, 2.75) is 6.42 Å². The Bertz CT molecular complexity index is 456. The van der Waals surface area contributed by atoms with Crippen LogP contribution >= 0.6 is 11.6 Å². The van der Waals surface area contributed by atoms with Gasteiger partial charge in [0.1, 0.15) is 6.29 Å². The van der Waals surface area contributed by atoms with E-state index in [1.54, 1.807) is 29.2 Å². The second kappa shape index (κ2) is 7.26. The van der Waals surface area contributed by atoms with Crippen molar-refractivity contribution in [3.8, 4) is 0 Å². The Morgan fingerprint density at radius 2 is 1.85 bits per heavy atom. The molecule has 0 aliphatic carbocycles. The number of benzene rings is 1. The molecule has 1 N–H and O–H groups in total. The van der Waals surface area contributed by atoms with E-state index in [4.69, 9.17) is 11.6 Å². The number of nitrogens with one attached hydrogen (secondary N) is 1. The minimum absolute atomic E-state index is 0.0950. The molecule has 0 radical (unpaired) electrons. The summed E-state index contributed by atoms with van der Waals surface area (Å²) in [5.41, 5.74) is 0.739. The molecule has 0 bridgehead atoms. The Morgan fingerprint density at radius 3 is 2.45 bits per heavy atom. The van der Waals surface area contributed by atoms with E-state index in [0.29, 0.717) is 24.5 Å². The molecule has 0 atom stereocenters. The fourth-order valence-corrected chi connectivity index (χ4v) is 2.27. The van der Waals surface area contributed by atoms with Gasteiger partial charge in [0.25, 0.3) is 0 Å². The van der Waals surface area contributed by atoms with E-state index >= 15 is 0 Å². The Morgan fingerprint density at radius 1 is 1.20 bits per heavy atom. The van der Waals surface area contributed by atoms with Crippen molar-refractivity contribution in [2.24, 2.45) is 0 Å². The maximum atomic E-state index is 12.1. The molecule has 20 heavy (non-hydrogen) atoms. The lowest BCUT2D eigenvalue weighted by Crippen LogP contribution is -2.50. The number of hydrogen-bond acceptors (Lipinski definition) is 3. The van der Waals surface area contributed by atoms with E-state index in [2.05, 4.69) is 10.2 Å². The third-order valence-corrected chi connectivity index (χ3v) is 3.57. The molecule has 0 aromatic heterocycles. The van der Waals surface area contributed by atoms with Crippen LogP contribution in [-0.4, -0.2) is 54.8 Å². The van der Waals surface area contributed by atoms with Gasteiger partial charge in [0, 0.05) is 49.9 Å². The zero-order valence-corrected chi connectivity index (χ0v) is 12.0. The average molecular weight is 296 g/mol. The number of piperazine rings is 1. The number of rotatable bonds is 4. The van der Waals surface area contributed by atoms with Gasteiger partial charge in [-0.3, -0.25) is 4.90 Å². The molecule has 0 spiro atoms. The van der Waals surface area contributed by atoms with E-state index in [-0.39, 0.29) is 6.03 Å². The van der Waals surface area contributed by atoms with Crippen molar-refractivity contribution in [3.05, 3.63) is 29.3 Å². The molecule has 6 heteroatoms. The van der Waals surface area contributed by atoms with E-state index < -0.39 is 0 Å². The van der Waals surface area contributed by atoms with E-state index in [9.17, 15) is 9.59 Å². The van der Waals surface area contributed by atoms with Crippen LogP contribution in [0.5, 0.6) is 0 Å². The molecule has 2 amide bonds. The van der Waals surface area contributed by atoms with Crippen molar-refractivity contribution in [1.82, 2.24) is 9.80 Å². The van der Waals surface area contributed by atoms with Gasteiger partial charge in [-0.25, -0.2) is 4.79 Å². The van der Waals surface area contributed by atoms with Crippen molar-refractivity contribution in [2.75, 3.05) is 38.0 Å². The number of nitrogens with zero attached hydrogens (tertiary/aromatic N) is 2. The summed E-state index contributed by atoms with van der Waals surface area (Å²) in [6.45, 7) is 3.75. The number of aldehydes is 1. The lowest BCUT2D eigenvalue weighted by molar-refractivity contribution is -0.108. The van der Waals surface area contributed by atoms with Crippen LogP contribution in [0.15, 0.2) is 24.3 Å². The zero-order chi connectivity index (χ0) is 14.4. The molecular weight excluding hydrogens is 278 g/mol. The van der Waals surface area contributed by atoms with Crippen molar-refractivity contribution >= 4 is 29.6 Å². The zero-order valence-electron chi connectivity index (χ0n) is 11.2. The highest BCUT2D eigenvalue weighted by molar-refractivity contribution is 6.30. The predicted molar refractivity (Wildman–Crippen MR) is 79.2 cm³/mol. The number of carbonyl (C=O) groups is 2. The Balaban J connectivity index is 1.79. The Kier molecular flexibility index (Phi) is 5.38. The molecule has 1 heterocycles. The van der Waals surface area contributed by atoms with Gasteiger partial charge in [0.15, 0.2) is 0 Å². The van der Waals surface area contributed by atoms with Crippen LogP contribution in [-0.2, 0) is 4.79 Å². The van der Waals surface area contributed by atoms with Gasteiger partial charge in [-0.2, -0.15) is 0 Å². The SMILES string of the molecule is O=CCCN1CCN(C(=O)Nc2ccc(Cl)cc2)CC1. The summed E-state index contributed by atoms with van der Waals surface area (Å²) >= 11 is 5.80. The minimum atomic E-state index is -0.0950. The van der Waals surface area contributed by atoms with Crippen LogP contribution in [0.3, 0.4) is 0 Å². The quantitative estimate of drug-likeness (QED) is 0.865. The Labute approximate surface area is 123 Å². The fraction of sp³-hybridized carbons (Fsp3) is 0.429.